The molecule has 1 aromatic carbocycles. The van der Waals surface area contributed by atoms with Gasteiger partial charge in [0.15, 0.2) is 5.11 Å². The molecule has 154 valence electrons. The highest BCUT2D eigenvalue weighted by molar-refractivity contribution is 7.80. The summed E-state index contributed by atoms with van der Waals surface area (Å²) in [4.78, 5) is 6.86. The van der Waals surface area contributed by atoms with Gasteiger partial charge in [-0.1, -0.05) is 6.07 Å². The summed E-state index contributed by atoms with van der Waals surface area (Å²) < 4.78 is 8.07. The van der Waals surface area contributed by atoms with Gasteiger partial charge in [-0.3, -0.25) is 4.98 Å². The van der Waals surface area contributed by atoms with Crippen LogP contribution in [0, 0.1) is 0 Å². The summed E-state index contributed by atoms with van der Waals surface area (Å²) in [6.45, 7) is 1.57. The first-order chi connectivity index (χ1) is 14.7. The average molecular weight is 421 g/mol. The number of nitrogens with one attached hydrogen (secondary N) is 1. The third-order valence-corrected chi connectivity index (χ3v) is 6.19. The maximum Gasteiger partial charge on any atom is 0.170 e. The normalized spacial score (nSPS) is 23.7. The van der Waals surface area contributed by atoms with Crippen molar-refractivity contribution in [3.8, 4) is 11.4 Å². The topological polar surface area (TPSA) is 62.5 Å². The molecule has 2 N–H and O–H groups in total. The first-order valence-corrected chi connectivity index (χ1v) is 10.7. The van der Waals surface area contributed by atoms with Gasteiger partial charge < -0.3 is 24.6 Å². The summed E-state index contributed by atoms with van der Waals surface area (Å²) in [5.41, 5.74) is 3.06. The lowest BCUT2D eigenvalue weighted by molar-refractivity contribution is 0.0836. The summed E-state index contributed by atoms with van der Waals surface area (Å²) >= 11 is 5.77. The number of rotatable bonds is 5. The predicted octanol–water partition coefficient (Wildman–Crippen LogP) is 3.73. The lowest BCUT2D eigenvalue weighted by Gasteiger charge is -2.30. The molecule has 2 fully saturated rings. The highest BCUT2D eigenvalue weighted by Crippen LogP contribution is 2.40. The van der Waals surface area contributed by atoms with E-state index in [2.05, 4.69) is 25.8 Å². The molecule has 2 aliphatic heterocycles. The lowest BCUT2D eigenvalue weighted by atomic mass is 10.0. The number of ether oxygens (including phenoxy) is 1. The van der Waals surface area contributed by atoms with E-state index in [1.807, 2.05) is 48.8 Å². The van der Waals surface area contributed by atoms with Crippen molar-refractivity contribution < 1.29 is 9.84 Å². The molecular weight excluding hydrogens is 396 g/mol. The molecule has 0 unspecified atom stereocenters. The van der Waals surface area contributed by atoms with Crippen LogP contribution in [0.25, 0.3) is 5.69 Å². The molecule has 4 heterocycles. The lowest BCUT2D eigenvalue weighted by Crippen LogP contribution is -2.36. The summed E-state index contributed by atoms with van der Waals surface area (Å²) in [6, 6.07) is 17.3. The van der Waals surface area contributed by atoms with Crippen LogP contribution in [-0.4, -0.2) is 43.9 Å². The quantitative estimate of drug-likeness (QED) is 0.614. The van der Waals surface area contributed by atoms with Crippen LogP contribution < -0.4 is 5.32 Å². The van der Waals surface area contributed by atoms with Gasteiger partial charge in [-0.25, -0.2) is 0 Å². The zero-order valence-electron chi connectivity index (χ0n) is 16.5. The Balaban J connectivity index is 1.56. The minimum absolute atomic E-state index is 0.0274. The number of phenols is 1. The van der Waals surface area contributed by atoms with Crippen molar-refractivity contribution in [1.29, 1.82) is 0 Å². The van der Waals surface area contributed by atoms with Crippen LogP contribution >= 0.6 is 12.2 Å². The number of hydrogen-bond donors (Lipinski definition) is 2. The Bertz CT molecular complexity index is 1020. The molecule has 2 aromatic heterocycles. The average Bonchev–Trinajstić information content (AvgIpc) is 3.51. The van der Waals surface area contributed by atoms with Crippen molar-refractivity contribution in [2.45, 2.75) is 31.0 Å². The minimum atomic E-state index is -0.0640. The molecule has 2 saturated heterocycles. The van der Waals surface area contributed by atoms with Gasteiger partial charge in [0.2, 0.25) is 0 Å². The van der Waals surface area contributed by atoms with Crippen LogP contribution in [0.1, 0.15) is 36.3 Å². The van der Waals surface area contributed by atoms with Crippen LogP contribution in [0.4, 0.5) is 0 Å². The van der Waals surface area contributed by atoms with E-state index in [0.717, 1.165) is 48.2 Å². The third-order valence-electron chi connectivity index (χ3n) is 5.83. The molecule has 0 bridgehead atoms. The smallest absolute Gasteiger partial charge is 0.170 e. The summed E-state index contributed by atoms with van der Waals surface area (Å²) in [7, 11) is 0. The van der Waals surface area contributed by atoms with Gasteiger partial charge in [-0.15, -0.1) is 0 Å². The second-order valence-corrected chi connectivity index (χ2v) is 8.12. The fraction of sp³-hybridized carbons (Fsp3) is 0.304. The fourth-order valence-corrected chi connectivity index (χ4v) is 4.73. The molecule has 3 atom stereocenters. The van der Waals surface area contributed by atoms with Crippen LogP contribution in [0.3, 0.4) is 0 Å². The molecule has 6 nitrogen and oxygen atoms in total. The maximum absolute atomic E-state index is 9.70. The summed E-state index contributed by atoms with van der Waals surface area (Å²) in [5, 5.41) is 13.9. The van der Waals surface area contributed by atoms with Crippen molar-refractivity contribution in [2.75, 3.05) is 13.2 Å². The molecular formula is C23H24N4O2S. The van der Waals surface area contributed by atoms with Crippen LogP contribution in [-0.2, 0) is 4.74 Å². The first-order valence-electron chi connectivity index (χ1n) is 10.3. The van der Waals surface area contributed by atoms with Crippen LogP contribution in [0.5, 0.6) is 5.75 Å². The standard InChI is InChI=1S/C23H24N4O2S/c28-17-10-8-16(9-11-17)26-13-3-7-20(26)22-21(19-6-1-2-12-24-19)25-23(30)27(22)15-18-5-4-14-29-18/h1-3,6-13,18,21-22,28H,4-5,14-15H2,(H,25,30)/t18-,21+,22+/m0/s1. The number of aromatic nitrogens is 2. The Morgan fingerprint density at radius 2 is 2.00 bits per heavy atom. The number of aromatic hydroxyl groups is 1. The third kappa shape index (κ3) is 3.55. The molecule has 0 aliphatic carbocycles. The van der Waals surface area contributed by atoms with Crippen molar-refractivity contribution in [1.82, 2.24) is 19.8 Å². The summed E-state index contributed by atoms with van der Waals surface area (Å²) in [6.07, 6.45) is 6.20. The largest absolute Gasteiger partial charge is 0.508 e. The van der Waals surface area contributed by atoms with Crippen molar-refractivity contribution in [3.63, 3.8) is 0 Å². The molecule has 0 saturated carbocycles. The van der Waals surface area contributed by atoms with E-state index < -0.39 is 0 Å². The van der Waals surface area contributed by atoms with E-state index in [1.165, 1.54) is 0 Å². The van der Waals surface area contributed by atoms with E-state index in [-0.39, 0.29) is 23.9 Å². The van der Waals surface area contributed by atoms with E-state index >= 15 is 0 Å². The molecule has 0 spiro atoms. The number of hydrogen-bond acceptors (Lipinski definition) is 4. The molecule has 3 aromatic rings. The Morgan fingerprint density at radius 3 is 2.73 bits per heavy atom. The van der Waals surface area contributed by atoms with Gasteiger partial charge >= 0.3 is 0 Å². The van der Waals surface area contributed by atoms with E-state index in [0.29, 0.717) is 0 Å². The molecule has 0 radical (unpaired) electrons. The van der Waals surface area contributed by atoms with E-state index in [9.17, 15) is 5.11 Å². The van der Waals surface area contributed by atoms with Crippen molar-refractivity contribution >= 4 is 17.3 Å². The number of thiocarbonyl (C=S) groups is 1. The second kappa shape index (κ2) is 8.08. The van der Waals surface area contributed by atoms with E-state index in [4.69, 9.17) is 17.0 Å². The Kier molecular flexibility index (Phi) is 5.14. The van der Waals surface area contributed by atoms with Gasteiger partial charge in [-0.05, 0) is 73.6 Å². The number of pyridine rings is 1. The van der Waals surface area contributed by atoms with Crippen LogP contribution in [0.15, 0.2) is 67.0 Å². The van der Waals surface area contributed by atoms with Gasteiger partial charge in [0.25, 0.3) is 0 Å². The van der Waals surface area contributed by atoms with Gasteiger partial charge in [0.1, 0.15) is 5.75 Å². The monoisotopic (exact) mass is 420 g/mol. The Labute approximate surface area is 181 Å². The second-order valence-electron chi connectivity index (χ2n) is 7.73. The summed E-state index contributed by atoms with van der Waals surface area (Å²) in [5.74, 6) is 0.252. The maximum atomic E-state index is 9.70. The van der Waals surface area contributed by atoms with Gasteiger partial charge in [0.05, 0.1) is 23.9 Å². The molecule has 0 amide bonds. The highest BCUT2D eigenvalue weighted by Gasteiger charge is 2.42. The fourth-order valence-electron chi connectivity index (χ4n) is 4.41. The zero-order valence-corrected chi connectivity index (χ0v) is 17.3. The predicted molar refractivity (Wildman–Crippen MR) is 119 cm³/mol. The van der Waals surface area contributed by atoms with Crippen molar-refractivity contribution in [2.24, 2.45) is 0 Å². The van der Waals surface area contributed by atoms with Gasteiger partial charge in [-0.2, -0.15) is 0 Å². The van der Waals surface area contributed by atoms with E-state index in [1.54, 1.807) is 12.1 Å². The number of benzene rings is 1. The molecule has 7 heteroatoms. The molecule has 2 aliphatic rings. The zero-order chi connectivity index (χ0) is 20.5. The minimum Gasteiger partial charge on any atom is -0.508 e. The SMILES string of the molecule is Oc1ccc(-n2cccc2[C@@H]2[C@@H](c3ccccn3)NC(=S)N2C[C@@H]2CCCO2)cc1. The number of phenolic OH excluding ortho intramolecular Hbond substituents is 1. The molecule has 5 rings (SSSR count). The number of nitrogens with zero attached hydrogens (tertiary/aromatic N) is 3. The van der Waals surface area contributed by atoms with Crippen LogP contribution in [0.2, 0.25) is 0 Å². The Morgan fingerprint density at radius 1 is 1.13 bits per heavy atom. The Hall–Kier alpha value is -2.90. The van der Waals surface area contributed by atoms with Gasteiger partial charge in [0, 0.05) is 36.9 Å². The molecule has 30 heavy (non-hydrogen) atoms. The first kappa shape index (κ1) is 19.1. The van der Waals surface area contributed by atoms with Crippen molar-refractivity contribution in [3.05, 3.63) is 78.4 Å². The highest BCUT2D eigenvalue weighted by atomic mass is 32.1.